The third-order valence-corrected chi connectivity index (χ3v) is 5.02. The number of alkyl halides is 3. The van der Waals surface area contributed by atoms with Crippen molar-refractivity contribution in [1.29, 1.82) is 0 Å². The fourth-order valence-electron chi connectivity index (χ4n) is 3.55. The molecule has 2 heterocycles. The summed E-state index contributed by atoms with van der Waals surface area (Å²) in [4.78, 5) is 24.2. The van der Waals surface area contributed by atoms with Crippen LogP contribution in [0.2, 0.25) is 0 Å². The summed E-state index contributed by atoms with van der Waals surface area (Å²) in [7, 11) is 1.54. The zero-order valence-corrected chi connectivity index (χ0v) is 16.3. The van der Waals surface area contributed by atoms with Crippen LogP contribution in [0.25, 0.3) is 11.0 Å². The minimum atomic E-state index is -4.71. The number of nitrogens with zero attached hydrogens (tertiary/aromatic N) is 4. The van der Waals surface area contributed by atoms with Crippen LogP contribution in [0.4, 0.5) is 24.8 Å². The van der Waals surface area contributed by atoms with Crippen LogP contribution in [0, 0.1) is 0 Å². The maximum Gasteiger partial charge on any atom is 0.423 e. The summed E-state index contributed by atoms with van der Waals surface area (Å²) in [6.07, 6.45) is -1.92. The van der Waals surface area contributed by atoms with Gasteiger partial charge in [0.25, 0.3) is 5.91 Å². The molecule has 1 aliphatic rings. The highest BCUT2D eigenvalue weighted by Gasteiger charge is 2.39. The molecule has 2 aromatic heterocycles. The van der Waals surface area contributed by atoms with Gasteiger partial charge >= 0.3 is 6.18 Å². The standard InChI is InChI=1S/C19H20F3N7O/c1-9(27-16-13(19(20,21)22)15(23)25-8-26-16)17-28-12-5-3-4-11(18(30)24-2)14(12)29(17)10-6-7-10/h3-5,8-10H,6-7H2,1-2H3,(H,24,30)(H3,23,25,26,27)/t9-/m0/s1. The molecule has 3 aromatic rings. The number of rotatable bonds is 5. The molecule has 158 valence electrons. The molecule has 0 aliphatic heterocycles. The number of benzene rings is 1. The van der Waals surface area contributed by atoms with Crippen molar-refractivity contribution in [3.05, 3.63) is 41.5 Å². The Morgan fingerprint density at radius 1 is 1.30 bits per heavy atom. The number of imidazole rings is 1. The Labute approximate surface area is 169 Å². The first-order valence-electron chi connectivity index (χ1n) is 9.39. The highest BCUT2D eigenvalue weighted by atomic mass is 19.4. The van der Waals surface area contributed by atoms with E-state index in [2.05, 4.69) is 25.6 Å². The van der Waals surface area contributed by atoms with E-state index in [4.69, 9.17) is 5.73 Å². The van der Waals surface area contributed by atoms with Crippen LogP contribution in [0.5, 0.6) is 0 Å². The molecule has 0 bridgehead atoms. The van der Waals surface area contributed by atoms with Gasteiger partial charge in [0.05, 0.1) is 22.6 Å². The number of nitrogens with two attached hydrogens (primary N) is 1. The van der Waals surface area contributed by atoms with Crippen molar-refractivity contribution in [3.63, 3.8) is 0 Å². The topological polar surface area (TPSA) is 111 Å². The summed E-state index contributed by atoms with van der Waals surface area (Å²) in [5, 5.41) is 5.40. The maximum absolute atomic E-state index is 13.5. The van der Waals surface area contributed by atoms with E-state index in [1.807, 2.05) is 4.57 Å². The molecule has 1 aliphatic carbocycles. The largest absolute Gasteiger partial charge is 0.423 e. The monoisotopic (exact) mass is 419 g/mol. The zero-order chi connectivity index (χ0) is 21.6. The maximum atomic E-state index is 13.5. The third kappa shape index (κ3) is 3.40. The Hall–Kier alpha value is -3.37. The molecule has 0 spiro atoms. The first-order valence-corrected chi connectivity index (χ1v) is 9.39. The Bertz CT molecular complexity index is 1120. The predicted octanol–water partition coefficient (Wildman–Crippen LogP) is 3.29. The van der Waals surface area contributed by atoms with Crippen molar-refractivity contribution in [2.75, 3.05) is 18.1 Å². The van der Waals surface area contributed by atoms with Crippen LogP contribution in [-0.2, 0) is 6.18 Å². The summed E-state index contributed by atoms with van der Waals surface area (Å²) >= 11 is 0. The van der Waals surface area contributed by atoms with Gasteiger partial charge in [0.15, 0.2) is 0 Å². The Morgan fingerprint density at radius 3 is 2.67 bits per heavy atom. The fourth-order valence-corrected chi connectivity index (χ4v) is 3.55. The van der Waals surface area contributed by atoms with Gasteiger partial charge in [-0.15, -0.1) is 0 Å². The number of para-hydroxylation sites is 1. The number of carbonyl (C=O) groups excluding carboxylic acids is 1. The van der Waals surface area contributed by atoms with Gasteiger partial charge in [-0.1, -0.05) is 6.07 Å². The summed E-state index contributed by atoms with van der Waals surface area (Å²) in [6, 6.07) is 4.71. The van der Waals surface area contributed by atoms with Gasteiger partial charge in [0, 0.05) is 13.1 Å². The number of amides is 1. The van der Waals surface area contributed by atoms with E-state index in [-0.39, 0.29) is 11.9 Å². The number of halogens is 3. The molecule has 1 fully saturated rings. The third-order valence-electron chi connectivity index (χ3n) is 5.02. The van der Waals surface area contributed by atoms with Gasteiger partial charge in [-0.05, 0) is 31.9 Å². The molecule has 0 unspecified atom stereocenters. The number of nitrogen functional groups attached to an aromatic ring is 1. The SMILES string of the molecule is CNC(=O)c1cccc2nc([C@H](C)Nc3ncnc(N)c3C(F)(F)F)n(C3CC3)c12. The summed E-state index contributed by atoms with van der Waals surface area (Å²) in [6.45, 7) is 1.69. The zero-order valence-electron chi connectivity index (χ0n) is 16.3. The normalized spacial score (nSPS) is 15.2. The second-order valence-electron chi connectivity index (χ2n) is 7.17. The molecule has 1 atom stereocenters. The van der Waals surface area contributed by atoms with Crippen LogP contribution < -0.4 is 16.4 Å². The molecule has 1 aromatic carbocycles. The molecule has 11 heteroatoms. The van der Waals surface area contributed by atoms with Gasteiger partial charge in [-0.2, -0.15) is 13.2 Å². The second-order valence-corrected chi connectivity index (χ2v) is 7.17. The van der Waals surface area contributed by atoms with Crippen LogP contribution in [0.15, 0.2) is 24.5 Å². The number of nitrogens with one attached hydrogen (secondary N) is 2. The Kier molecular flexibility index (Phi) is 4.75. The average Bonchev–Trinajstić information content (AvgIpc) is 3.45. The van der Waals surface area contributed by atoms with Crippen molar-refractivity contribution in [2.24, 2.45) is 0 Å². The lowest BCUT2D eigenvalue weighted by molar-refractivity contribution is -0.136. The lowest BCUT2D eigenvalue weighted by atomic mass is 10.1. The number of fused-ring (bicyclic) bond motifs is 1. The predicted molar refractivity (Wildman–Crippen MR) is 105 cm³/mol. The molecule has 0 saturated heterocycles. The lowest BCUT2D eigenvalue weighted by Gasteiger charge is -2.20. The summed E-state index contributed by atoms with van der Waals surface area (Å²) in [5.74, 6) is -0.792. The molecule has 30 heavy (non-hydrogen) atoms. The molecular weight excluding hydrogens is 399 g/mol. The molecule has 4 rings (SSSR count). The van der Waals surface area contributed by atoms with Crippen LogP contribution in [-0.4, -0.2) is 32.5 Å². The fraction of sp³-hybridized carbons (Fsp3) is 0.368. The van der Waals surface area contributed by atoms with E-state index < -0.39 is 29.4 Å². The second kappa shape index (κ2) is 7.15. The first-order chi connectivity index (χ1) is 14.2. The number of anilines is 2. The van der Waals surface area contributed by atoms with Crippen LogP contribution in [0.3, 0.4) is 0 Å². The lowest BCUT2D eigenvalue weighted by Crippen LogP contribution is -2.21. The number of carbonyl (C=O) groups is 1. The highest BCUT2D eigenvalue weighted by molar-refractivity contribution is 6.05. The van der Waals surface area contributed by atoms with Gasteiger partial charge in [0.1, 0.15) is 29.4 Å². The van der Waals surface area contributed by atoms with Crippen molar-refractivity contribution in [2.45, 2.75) is 38.0 Å². The summed E-state index contributed by atoms with van der Waals surface area (Å²) < 4.78 is 42.3. The molecule has 4 N–H and O–H groups in total. The molecule has 1 amide bonds. The minimum Gasteiger partial charge on any atom is -0.383 e. The molecule has 0 radical (unpaired) electrons. The summed E-state index contributed by atoms with van der Waals surface area (Å²) in [5.41, 5.74) is 6.09. The van der Waals surface area contributed by atoms with E-state index in [1.54, 1.807) is 32.2 Å². The van der Waals surface area contributed by atoms with Gasteiger partial charge in [-0.3, -0.25) is 4.79 Å². The Balaban J connectivity index is 1.81. The smallest absolute Gasteiger partial charge is 0.383 e. The molecular formula is C19H20F3N7O. The molecule has 1 saturated carbocycles. The number of hydrogen-bond acceptors (Lipinski definition) is 6. The van der Waals surface area contributed by atoms with E-state index in [9.17, 15) is 18.0 Å². The van der Waals surface area contributed by atoms with Crippen molar-refractivity contribution in [3.8, 4) is 0 Å². The van der Waals surface area contributed by atoms with Crippen LogP contribution >= 0.6 is 0 Å². The number of hydrogen-bond donors (Lipinski definition) is 3. The minimum absolute atomic E-state index is 0.137. The van der Waals surface area contributed by atoms with Gasteiger partial charge in [-0.25, -0.2) is 15.0 Å². The van der Waals surface area contributed by atoms with E-state index >= 15 is 0 Å². The average molecular weight is 419 g/mol. The highest BCUT2D eigenvalue weighted by Crippen LogP contribution is 2.42. The molecule has 8 nitrogen and oxygen atoms in total. The quantitative estimate of drug-likeness (QED) is 0.585. The van der Waals surface area contributed by atoms with Gasteiger partial charge < -0.3 is 20.9 Å². The van der Waals surface area contributed by atoms with E-state index in [1.165, 1.54) is 0 Å². The van der Waals surface area contributed by atoms with Crippen molar-refractivity contribution >= 4 is 28.6 Å². The van der Waals surface area contributed by atoms with Crippen molar-refractivity contribution in [1.82, 2.24) is 24.8 Å². The number of aromatic nitrogens is 4. The first kappa shape index (κ1) is 19.9. The van der Waals surface area contributed by atoms with Crippen molar-refractivity contribution < 1.29 is 18.0 Å². The van der Waals surface area contributed by atoms with E-state index in [0.29, 0.717) is 22.4 Å². The van der Waals surface area contributed by atoms with Crippen LogP contribution in [0.1, 0.15) is 53.6 Å². The van der Waals surface area contributed by atoms with E-state index in [0.717, 1.165) is 19.2 Å². The van der Waals surface area contributed by atoms with Gasteiger partial charge in [0.2, 0.25) is 0 Å². The Morgan fingerprint density at radius 2 is 2.03 bits per heavy atom.